The number of urea groups is 1. The number of para-hydroxylation sites is 2. The van der Waals surface area contributed by atoms with E-state index in [4.69, 9.17) is 5.73 Å². The maximum absolute atomic E-state index is 13.0. The molecule has 0 unspecified atom stereocenters. The van der Waals surface area contributed by atoms with Gasteiger partial charge in [0, 0.05) is 25.0 Å². The summed E-state index contributed by atoms with van der Waals surface area (Å²) in [6.45, 7) is 3.82. The van der Waals surface area contributed by atoms with Crippen LogP contribution in [-0.4, -0.2) is 53.9 Å². The van der Waals surface area contributed by atoms with Gasteiger partial charge in [0.15, 0.2) is 0 Å². The Hall–Kier alpha value is -3.91. The molecule has 2 aromatic carbocycles. The molecule has 3 aromatic rings. The van der Waals surface area contributed by atoms with E-state index in [0.717, 1.165) is 29.8 Å². The minimum atomic E-state index is -0.343. The zero-order valence-electron chi connectivity index (χ0n) is 19.9. The van der Waals surface area contributed by atoms with Crippen molar-refractivity contribution in [3.05, 3.63) is 83.7 Å². The van der Waals surface area contributed by atoms with Crippen LogP contribution in [0.2, 0.25) is 0 Å². The molecule has 0 bridgehead atoms. The summed E-state index contributed by atoms with van der Waals surface area (Å²) in [4.78, 5) is 33.7. The van der Waals surface area contributed by atoms with Crippen LogP contribution in [0, 0.1) is 6.92 Å². The molecule has 3 rings (SSSR count). The first-order chi connectivity index (χ1) is 16.3. The molecule has 8 heteroatoms. The fraction of sp³-hybridized carbons (Fsp3) is 0.269. The highest BCUT2D eigenvalue weighted by Crippen LogP contribution is 2.18. The van der Waals surface area contributed by atoms with E-state index in [0.29, 0.717) is 24.5 Å². The lowest BCUT2D eigenvalue weighted by molar-refractivity contribution is 0.102. The van der Waals surface area contributed by atoms with Crippen molar-refractivity contribution in [1.82, 2.24) is 14.8 Å². The van der Waals surface area contributed by atoms with Crippen molar-refractivity contribution >= 4 is 29.0 Å². The van der Waals surface area contributed by atoms with Crippen LogP contribution in [0.4, 0.5) is 21.9 Å². The molecule has 1 heterocycles. The van der Waals surface area contributed by atoms with Crippen LogP contribution in [-0.2, 0) is 6.54 Å². The summed E-state index contributed by atoms with van der Waals surface area (Å²) in [5.74, 6) is -0.343. The fourth-order valence-electron chi connectivity index (χ4n) is 3.43. The van der Waals surface area contributed by atoms with Gasteiger partial charge >= 0.3 is 6.03 Å². The highest BCUT2D eigenvalue weighted by molar-refractivity contribution is 6.04. The number of anilines is 3. The predicted octanol–water partition coefficient (Wildman–Crippen LogP) is 4.21. The molecule has 3 amide bonds. The Labute approximate surface area is 200 Å². The Bertz CT molecular complexity index is 1110. The third kappa shape index (κ3) is 7.31. The molecular formula is C26H32N6O2. The molecule has 0 atom stereocenters. The number of pyridine rings is 1. The van der Waals surface area contributed by atoms with E-state index in [1.807, 2.05) is 51.4 Å². The largest absolute Gasteiger partial charge is 0.397 e. The zero-order valence-corrected chi connectivity index (χ0v) is 19.9. The van der Waals surface area contributed by atoms with Gasteiger partial charge in [-0.05, 0) is 75.4 Å². The van der Waals surface area contributed by atoms with Crippen LogP contribution < -0.4 is 16.4 Å². The van der Waals surface area contributed by atoms with E-state index in [2.05, 4.69) is 20.5 Å². The Morgan fingerprint density at radius 1 is 0.971 bits per heavy atom. The first kappa shape index (κ1) is 24.7. The maximum Gasteiger partial charge on any atom is 0.322 e. The molecule has 0 spiro atoms. The van der Waals surface area contributed by atoms with Crippen molar-refractivity contribution in [2.45, 2.75) is 19.9 Å². The van der Waals surface area contributed by atoms with E-state index in [1.54, 1.807) is 41.4 Å². The number of nitrogen functional groups attached to an aromatic ring is 1. The van der Waals surface area contributed by atoms with Gasteiger partial charge in [0.2, 0.25) is 0 Å². The number of nitrogens with one attached hydrogen (secondary N) is 2. The fourth-order valence-corrected chi connectivity index (χ4v) is 3.43. The third-order valence-electron chi connectivity index (χ3n) is 5.23. The minimum Gasteiger partial charge on any atom is -0.397 e. The summed E-state index contributed by atoms with van der Waals surface area (Å²) in [6, 6.07) is 18.1. The normalized spacial score (nSPS) is 10.7. The van der Waals surface area contributed by atoms with Crippen molar-refractivity contribution < 1.29 is 9.59 Å². The summed E-state index contributed by atoms with van der Waals surface area (Å²) < 4.78 is 0. The Morgan fingerprint density at radius 2 is 1.76 bits per heavy atom. The number of aryl methyl sites for hydroxylation is 1. The molecule has 0 aliphatic carbocycles. The minimum absolute atomic E-state index is 0.175. The summed E-state index contributed by atoms with van der Waals surface area (Å²) in [5, 5.41) is 5.75. The number of aromatic nitrogens is 1. The SMILES string of the molecule is Cc1cccc(NC(=O)N(CCCN(C)C)Cc2ccc(C(=O)Nc3ccccc3N)nc2)c1. The lowest BCUT2D eigenvalue weighted by Crippen LogP contribution is -2.36. The lowest BCUT2D eigenvalue weighted by Gasteiger charge is -2.24. The second-order valence-corrected chi connectivity index (χ2v) is 8.47. The van der Waals surface area contributed by atoms with Crippen molar-refractivity contribution in [2.75, 3.05) is 43.6 Å². The van der Waals surface area contributed by atoms with Gasteiger partial charge < -0.3 is 26.2 Å². The molecule has 4 N–H and O–H groups in total. The molecule has 0 aliphatic heterocycles. The predicted molar refractivity (Wildman–Crippen MR) is 137 cm³/mol. The standard InChI is InChI=1S/C26H32N6O2/c1-19-8-6-9-21(16-19)29-26(34)32(15-7-14-31(2)3)18-20-12-13-24(28-17-20)25(33)30-23-11-5-4-10-22(23)27/h4-6,8-13,16-17H,7,14-15,18,27H2,1-3H3,(H,29,34)(H,30,33). The van der Waals surface area contributed by atoms with E-state index in [9.17, 15) is 9.59 Å². The molecule has 34 heavy (non-hydrogen) atoms. The van der Waals surface area contributed by atoms with Gasteiger partial charge in [-0.25, -0.2) is 4.79 Å². The van der Waals surface area contributed by atoms with Crippen LogP contribution in [0.3, 0.4) is 0 Å². The van der Waals surface area contributed by atoms with Gasteiger partial charge in [0.05, 0.1) is 11.4 Å². The van der Waals surface area contributed by atoms with Crippen molar-refractivity contribution in [3.63, 3.8) is 0 Å². The smallest absolute Gasteiger partial charge is 0.322 e. The van der Waals surface area contributed by atoms with E-state index < -0.39 is 0 Å². The topological polar surface area (TPSA) is 104 Å². The number of hydrogen-bond acceptors (Lipinski definition) is 5. The highest BCUT2D eigenvalue weighted by atomic mass is 16.2. The first-order valence-electron chi connectivity index (χ1n) is 11.2. The average Bonchev–Trinajstić information content (AvgIpc) is 2.80. The van der Waals surface area contributed by atoms with Gasteiger partial charge in [0.1, 0.15) is 5.69 Å². The van der Waals surface area contributed by atoms with Crippen LogP contribution in [0.5, 0.6) is 0 Å². The van der Waals surface area contributed by atoms with Crippen LogP contribution >= 0.6 is 0 Å². The first-order valence-corrected chi connectivity index (χ1v) is 11.2. The van der Waals surface area contributed by atoms with Crippen LogP contribution in [0.1, 0.15) is 28.0 Å². The Balaban J connectivity index is 1.67. The molecule has 0 fully saturated rings. The second-order valence-electron chi connectivity index (χ2n) is 8.47. The average molecular weight is 461 g/mol. The monoisotopic (exact) mass is 460 g/mol. The van der Waals surface area contributed by atoms with Gasteiger partial charge in [-0.3, -0.25) is 9.78 Å². The van der Waals surface area contributed by atoms with Crippen LogP contribution in [0.15, 0.2) is 66.9 Å². The second kappa shape index (κ2) is 11.8. The van der Waals surface area contributed by atoms with Gasteiger partial charge in [0.25, 0.3) is 5.91 Å². The molecule has 8 nitrogen and oxygen atoms in total. The van der Waals surface area contributed by atoms with E-state index >= 15 is 0 Å². The van der Waals surface area contributed by atoms with E-state index in [1.165, 1.54) is 0 Å². The number of amides is 3. The summed E-state index contributed by atoms with van der Waals surface area (Å²) in [6.07, 6.45) is 2.46. The molecule has 0 aliphatic rings. The number of nitrogens with two attached hydrogens (primary N) is 1. The van der Waals surface area contributed by atoms with E-state index in [-0.39, 0.29) is 17.6 Å². The van der Waals surface area contributed by atoms with Gasteiger partial charge in [-0.2, -0.15) is 0 Å². The lowest BCUT2D eigenvalue weighted by atomic mass is 10.2. The number of hydrogen-bond donors (Lipinski definition) is 3. The molecule has 0 radical (unpaired) electrons. The molecule has 0 saturated heterocycles. The number of rotatable bonds is 9. The molecule has 1 aromatic heterocycles. The van der Waals surface area contributed by atoms with Crippen molar-refractivity contribution in [3.8, 4) is 0 Å². The quantitative estimate of drug-likeness (QED) is 0.415. The summed E-state index contributed by atoms with van der Waals surface area (Å²) >= 11 is 0. The zero-order chi connectivity index (χ0) is 24.5. The highest BCUT2D eigenvalue weighted by Gasteiger charge is 2.16. The van der Waals surface area contributed by atoms with Crippen molar-refractivity contribution in [1.29, 1.82) is 0 Å². The number of nitrogens with zero attached hydrogens (tertiary/aromatic N) is 3. The number of benzene rings is 2. The Kier molecular flexibility index (Phi) is 8.59. The summed E-state index contributed by atoms with van der Waals surface area (Å²) in [7, 11) is 4.02. The number of carbonyl (C=O) groups excluding carboxylic acids is 2. The van der Waals surface area contributed by atoms with Crippen LogP contribution in [0.25, 0.3) is 0 Å². The Morgan fingerprint density at radius 3 is 2.44 bits per heavy atom. The molecular weight excluding hydrogens is 428 g/mol. The van der Waals surface area contributed by atoms with Crippen molar-refractivity contribution in [2.24, 2.45) is 0 Å². The summed E-state index contributed by atoms with van der Waals surface area (Å²) in [5.41, 5.74) is 9.86. The molecule has 178 valence electrons. The third-order valence-corrected chi connectivity index (χ3v) is 5.23. The molecule has 0 saturated carbocycles. The number of carbonyl (C=O) groups is 2. The van der Waals surface area contributed by atoms with Gasteiger partial charge in [-0.1, -0.05) is 30.3 Å². The maximum atomic E-state index is 13.0. The van der Waals surface area contributed by atoms with Gasteiger partial charge in [-0.15, -0.1) is 0 Å².